The van der Waals surface area contributed by atoms with E-state index < -0.39 is 0 Å². The number of nitrogens with zero attached hydrogens (tertiary/aromatic N) is 1. The second kappa shape index (κ2) is 7.43. The maximum Gasteiger partial charge on any atom is 0.373 e. The van der Waals surface area contributed by atoms with Gasteiger partial charge < -0.3 is 15.0 Å². The summed E-state index contributed by atoms with van der Waals surface area (Å²) in [5.74, 6) is 1.36. The van der Waals surface area contributed by atoms with E-state index in [9.17, 15) is 4.79 Å². The lowest BCUT2D eigenvalue weighted by atomic mass is 9.82. The van der Waals surface area contributed by atoms with Crippen molar-refractivity contribution in [1.29, 1.82) is 0 Å². The molecule has 1 fully saturated rings. The summed E-state index contributed by atoms with van der Waals surface area (Å²) in [4.78, 5) is 14.9. The molecule has 2 aliphatic carbocycles. The van der Waals surface area contributed by atoms with Crippen molar-refractivity contribution in [3.63, 3.8) is 0 Å². The van der Waals surface area contributed by atoms with Crippen molar-refractivity contribution in [1.82, 2.24) is 10.2 Å². The molecule has 144 valence electrons. The van der Waals surface area contributed by atoms with Crippen LogP contribution in [0.4, 0.5) is 4.79 Å². The minimum Gasteiger partial charge on any atom is -0.418 e. The van der Waals surface area contributed by atoms with E-state index in [0.29, 0.717) is 5.92 Å². The van der Waals surface area contributed by atoms with Crippen LogP contribution in [0.1, 0.15) is 53.4 Å². The van der Waals surface area contributed by atoms with Crippen LogP contribution in [0.25, 0.3) is 0 Å². The summed E-state index contributed by atoms with van der Waals surface area (Å²) in [6.07, 6.45) is 10.5. The predicted molar refractivity (Wildman–Crippen MR) is 109 cm³/mol. The average molecular weight is 377 g/mol. The quantitative estimate of drug-likeness (QED) is 0.644. The first-order chi connectivity index (χ1) is 12.2. The van der Waals surface area contributed by atoms with E-state index in [-0.39, 0.29) is 15.6 Å². The Morgan fingerprint density at radius 1 is 1.46 bits per heavy atom. The summed E-state index contributed by atoms with van der Waals surface area (Å²) < 4.78 is 5.83. The summed E-state index contributed by atoms with van der Waals surface area (Å²) in [6.45, 7) is 10.7. The second-order valence-corrected chi connectivity index (χ2v) is 10.1. The Morgan fingerprint density at radius 3 is 2.85 bits per heavy atom. The number of fused-ring (bicyclic) bond motifs is 1. The highest BCUT2D eigenvalue weighted by Crippen LogP contribution is 2.48. The zero-order valence-electron chi connectivity index (χ0n) is 16.7. The first-order valence-electron chi connectivity index (χ1n) is 9.73. The van der Waals surface area contributed by atoms with Crippen molar-refractivity contribution in [3.05, 3.63) is 35.3 Å². The van der Waals surface area contributed by atoms with E-state index in [1.54, 1.807) is 0 Å². The van der Waals surface area contributed by atoms with Crippen molar-refractivity contribution in [3.8, 4) is 0 Å². The first-order valence-corrected chi connectivity index (χ1v) is 10.5. The third-order valence-electron chi connectivity index (χ3n) is 5.88. The minimum absolute atomic E-state index is 0.0412. The molecular formula is C21H32N2O2S. The van der Waals surface area contributed by atoms with Crippen LogP contribution in [0.2, 0.25) is 0 Å². The lowest BCUT2D eigenvalue weighted by Crippen LogP contribution is -2.38. The van der Waals surface area contributed by atoms with Crippen molar-refractivity contribution >= 4 is 17.1 Å². The molecule has 1 unspecified atom stereocenters. The number of hydrogen-bond donors (Lipinski definition) is 1. The van der Waals surface area contributed by atoms with Crippen LogP contribution in [-0.4, -0.2) is 40.6 Å². The van der Waals surface area contributed by atoms with Gasteiger partial charge in [0.05, 0.1) is 5.54 Å². The van der Waals surface area contributed by atoms with E-state index >= 15 is 0 Å². The van der Waals surface area contributed by atoms with E-state index in [2.05, 4.69) is 57.2 Å². The zero-order valence-corrected chi connectivity index (χ0v) is 17.5. The number of hydrogen-bond acceptors (Lipinski definition) is 5. The van der Waals surface area contributed by atoms with E-state index in [1.165, 1.54) is 30.2 Å². The molecule has 26 heavy (non-hydrogen) atoms. The highest BCUT2D eigenvalue weighted by Gasteiger charge is 2.42. The van der Waals surface area contributed by atoms with E-state index in [0.717, 1.165) is 37.3 Å². The van der Waals surface area contributed by atoms with Gasteiger partial charge in [-0.25, -0.2) is 4.79 Å². The SMILES string of the molecule is CCN(C)CCC1=CNC2(C)CC=CC(OC(=O)SC(C)(C)C3CC3)=C12. The summed E-state index contributed by atoms with van der Waals surface area (Å²) >= 11 is 1.35. The summed E-state index contributed by atoms with van der Waals surface area (Å²) in [7, 11) is 2.13. The predicted octanol–water partition coefficient (Wildman–Crippen LogP) is 4.85. The van der Waals surface area contributed by atoms with Crippen LogP contribution >= 0.6 is 11.8 Å². The van der Waals surface area contributed by atoms with E-state index in [1.807, 2.05) is 6.08 Å². The van der Waals surface area contributed by atoms with Gasteiger partial charge in [0.2, 0.25) is 0 Å². The smallest absolute Gasteiger partial charge is 0.373 e. The largest absolute Gasteiger partial charge is 0.418 e. The van der Waals surface area contributed by atoms with Crippen LogP contribution in [0.5, 0.6) is 0 Å². The van der Waals surface area contributed by atoms with Crippen molar-refractivity contribution < 1.29 is 9.53 Å². The lowest BCUT2D eigenvalue weighted by Gasteiger charge is -2.31. The number of carbonyl (C=O) groups is 1. The van der Waals surface area contributed by atoms with Crippen molar-refractivity contribution in [2.75, 3.05) is 20.1 Å². The van der Waals surface area contributed by atoms with Crippen LogP contribution in [0.3, 0.4) is 0 Å². The molecule has 1 N–H and O–H groups in total. The number of ether oxygens (including phenoxy) is 1. The van der Waals surface area contributed by atoms with Crippen molar-refractivity contribution in [2.24, 2.45) is 5.92 Å². The van der Waals surface area contributed by atoms with Gasteiger partial charge in [0.15, 0.2) is 0 Å². The molecule has 5 heteroatoms. The summed E-state index contributed by atoms with van der Waals surface area (Å²) in [5.41, 5.74) is 2.25. The normalized spacial score (nSPS) is 25.2. The number of nitrogens with one attached hydrogen (secondary N) is 1. The maximum absolute atomic E-state index is 12.6. The van der Waals surface area contributed by atoms with Crippen molar-refractivity contribution in [2.45, 2.75) is 63.7 Å². The molecule has 4 nitrogen and oxygen atoms in total. The van der Waals surface area contributed by atoms with E-state index in [4.69, 9.17) is 4.74 Å². The molecule has 0 spiro atoms. The van der Waals surface area contributed by atoms with Crippen LogP contribution < -0.4 is 5.32 Å². The van der Waals surface area contributed by atoms with Gasteiger partial charge in [-0.05, 0) is 89.4 Å². The Hall–Kier alpha value is -1.20. The van der Waals surface area contributed by atoms with Gasteiger partial charge in [0, 0.05) is 23.1 Å². The molecule has 0 amide bonds. The third kappa shape index (κ3) is 4.20. The lowest BCUT2D eigenvalue weighted by molar-refractivity contribution is 0.205. The Kier molecular flexibility index (Phi) is 5.59. The fourth-order valence-electron chi connectivity index (χ4n) is 3.76. The van der Waals surface area contributed by atoms with Gasteiger partial charge >= 0.3 is 5.30 Å². The zero-order chi connectivity index (χ0) is 18.9. The van der Waals surface area contributed by atoms with Crippen LogP contribution in [0, 0.1) is 5.92 Å². The molecule has 0 radical (unpaired) electrons. The van der Waals surface area contributed by atoms with Gasteiger partial charge in [-0.3, -0.25) is 0 Å². The second-order valence-electron chi connectivity index (χ2n) is 8.47. The Bertz CT molecular complexity index is 661. The molecule has 0 saturated heterocycles. The number of rotatable bonds is 7. The van der Waals surface area contributed by atoms with Gasteiger partial charge in [0.1, 0.15) is 5.76 Å². The number of allylic oxidation sites excluding steroid dienone is 1. The minimum atomic E-state index is -0.185. The summed E-state index contributed by atoms with van der Waals surface area (Å²) in [5, 5.41) is 3.33. The van der Waals surface area contributed by atoms with Gasteiger partial charge in [-0.1, -0.05) is 13.0 Å². The maximum atomic E-state index is 12.6. The molecule has 0 aromatic rings. The highest BCUT2D eigenvalue weighted by atomic mass is 32.2. The Morgan fingerprint density at radius 2 is 2.19 bits per heavy atom. The first kappa shape index (κ1) is 19.6. The fraction of sp³-hybridized carbons (Fsp3) is 0.667. The molecule has 3 aliphatic rings. The van der Waals surface area contributed by atoms with Gasteiger partial charge in [-0.2, -0.15) is 0 Å². The Labute approximate surface area is 162 Å². The molecule has 0 aromatic carbocycles. The molecule has 1 heterocycles. The van der Waals surface area contributed by atoms with Gasteiger partial charge in [-0.15, -0.1) is 0 Å². The molecule has 1 saturated carbocycles. The fourth-order valence-corrected chi connectivity index (χ4v) is 4.72. The number of carbonyl (C=O) groups excluding carboxylic acids is 1. The topological polar surface area (TPSA) is 41.6 Å². The number of thioether (sulfide) groups is 1. The standard InChI is InChI=1S/C21H32N2O2S/c1-6-23(5)13-11-15-14-22-21(4)12-7-8-17(18(15)21)25-19(24)26-20(2,3)16-9-10-16/h7-8,14,16,22H,6,9-13H2,1-5H3. The Balaban J connectivity index is 1.74. The highest BCUT2D eigenvalue weighted by molar-refractivity contribution is 8.14. The molecular weight excluding hydrogens is 344 g/mol. The molecule has 1 atom stereocenters. The van der Waals surface area contributed by atoms with Crippen LogP contribution in [0.15, 0.2) is 35.3 Å². The molecule has 3 rings (SSSR count). The molecule has 0 bridgehead atoms. The monoisotopic (exact) mass is 376 g/mol. The van der Waals surface area contributed by atoms with Crippen LogP contribution in [-0.2, 0) is 4.74 Å². The van der Waals surface area contributed by atoms with Gasteiger partial charge in [0.25, 0.3) is 0 Å². The molecule has 0 aromatic heterocycles. The molecule has 1 aliphatic heterocycles. The third-order valence-corrected chi connectivity index (χ3v) is 6.99. The summed E-state index contributed by atoms with van der Waals surface area (Å²) in [6, 6.07) is 0. The average Bonchev–Trinajstić information content (AvgIpc) is 3.36.